The van der Waals surface area contributed by atoms with Crippen LogP contribution in [0.3, 0.4) is 0 Å². The molecule has 0 spiro atoms. The number of halogens is 1. The fourth-order valence-electron chi connectivity index (χ4n) is 1.95. The van der Waals surface area contributed by atoms with Crippen molar-refractivity contribution in [1.29, 1.82) is 0 Å². The third-order valence-electron chi connectivity index (χ3n) is 3.01. The first kappa shape index (κ1) is 26.5. The topological polar surface area (TPSA) is 75.2 Å². The number of rotatable bonds is 9. The SMILES string of the molecule is CCNC(=NCC(C)CN(C)C(=O)OC(C)(C)C)NCCCOC.I. The first-order valence-electron chi connectivity index (χ1n) is 8.64. The fraction of sp³-hybridized carbons (Fsp3) is 0.882. The zero-order valence-corrected chi connectivity index (χ0v) is 19.2. The van der Waals surface area contributed by atoms with E-state index in [1.165, 1.54) is 0 Å². The number of hydrogen-bond donors (Lipinski definition) is 2. The van der Waals surface area contributed by atoms with Gasteiger partial charge in [0.25, 0.3) is 0 Å². The van der Waals surface area contributed by atoms with Crippen LogP contribution in [0.4, 0.5) is 4.79 Å². The highest BCUT2D eigenvalue weighted by atomic mass is 127. The van der Waals surface area contributed by atoms with E-state index in [0.717, 1.165) is 32.1 Å². The predicted molar refractivity (Wildman–Crippen MR) is 114 cm³/mol. The van der Waals surface area contributed by atoms with Crippen molar-refractivity contribution in [3.63, 3.8) is 0 Å². The van der Waals surface area contributed by atoms with Gasteiger partial charge >= 0.3 is 6.09 Å². The Labute approximate surface area is 170 Å². The summed E-state index contributed by atoms with van der Waals surface area (Å²) < 4.78 is 10.4. The van der Waals surface area contributed by atoms with E-state index >= 15 is 0 Å². The van der Waals surface area contributed by atoms with E-state index in [1.54, 1.807) is 19.1 Å². The van der Waals surface area contributed by atoms with E-state index in [2.05, 4.69) is 22.5 Å². The molecule has 0 aliphatic heterocycles. The Morgan fingerprint density at radius 1 is 1.28 bits per heavy atom. The Kier molecular flexibility index (Phi) is 15.2. The van der Waals surface area contributed by atoms with Crippen molar-refractivity contribution < 1.29 is 14.3 Å². The zero-order chi connectivity index (χ0) is 18.6. The van der Waals surface area contributed by atoms with Crippen LogP contribution in [0.5, 0.6) is 0 Å². The molecule has 8 heteroatoms. The van der Waals surface area contributed by atoms with Crippen LogP contribution in [0.25, 0.3) is 0 Å². The molecule has 0 radical (unpaired) electrons. The second-order valence-electron chi connectivity index (χ2n) is 6.96. The summed E-state index contributed by atoms with van der Waals surface area (Å²) in [7, 11) is 3.45. The summed E-state index contributed by atoms with van der Waals surface area (Å²) in [4.78, 5) is 18.1. The van der Waals surface area contributed by atoms with Crippen molar-refractivity contribution in [3.8, 4) is 0 Å². The number of methoxy groups -OCH3 is 1. The largest absolute Gasteiger partial charge is 0.444 e. The quantitative estimate of drug-likeness (QED) is 0.234. The zero-order valence-electron chi connectivity index (χ0n) is 16.8. The first-order valence-corrected chi connectivity index (χ1v) is 8.64. The van der Waals surface area contributed by atoms with Crippen LogP contribution in [0.2, 0.25) is 0 Å². The van der Waals surface area contributed by atoms with Gasteiger partial charge in [-0.2, -0.15) is 0 Å². The average Bonchev–Trinajstić information content (AvgIpc) is 2.47. The lowest BCUT2D eigenvalue weighted by Crippen LogP contribution is -2.39. The number of guanidine groups is 1. The van der Waals surface area contributed by atoms with Gasteiger partial charge in [-0.3, -0.25) is 4.99 Å². The number of hydrogen-bond acceptors (Lipinski definition) is 4. The standard InChI is InChI=1S/C17H36N4O3.HI/c1-8-18-15(19-10-9-11-23-7)20-12-14(2)13-21(6)16(22)24-17(3,4)5;/h14H,8-13H2,1-7H3,(H2,18,19,20);1H. The smallest absolute Gasteiger partial charge is 0.410 e. The van der Waals surface area contributed by atoms with Gasteiger partial charge in [0.05, 0.1) is 0 Å². The Balaban J connectivity index is 0. The van der Waals surface area contributed by atoms with Crippen molar-refractivity contribution in [2.75, 3.05) is 46.9 Å². The van der Waals surface area contributed by atoms with E-state index in [4.69, 9.17) is 9.47 Å². The third kappa shape index (κ3) is 15.2. The molecule has 25 heavy (non-hydrogen) atoms. The van der Waals surface area contributed by atoms with E-state index in [-0.39, 0.29) is 36.0 Å². The molecule has 0 aliphatic rings. The lowest BCUT2D eigenvalue weighted by molar-refractivity contribution is 0.0279. The molecule has 0 bridgehead atoms. The molecule has 1 atom stereocenters. The molecule has 0 fully saturated rings. The number of ether oxygens (including phenoxy) is 2. The Morgan fingerprint density at radius 2 is 1.92 bits per heavy atom. The van der Waals surface area contributed by atoms with Gasteiger partial charge in [-0.25, -0.2) is 4.79 Å². The van der Waals surface area contributed by atoms with E-state index in [1.807, 2.05) is 27.7 Å². The molecular formula is C17H37IN4O3. The Morgan fingerprint density at radius 3 is 2.44 bits per heavy atom. The minimum atomic E-state index is -0.475. The summed E-state index contributed by atoms with van der Waals surface area (Å²) in [5.41, 5.74) is -0.475. The normalized spacial score (nSPS) is 12.8. The molecular weight excluding hydrogens is 435 g/mol. The summed E-state index contributed by atoms with van der Waals surface area (Å²) in [5, 5.41) is 6.49. The summed E-state index contributed by atoms with van der Waals surface area (Å²) >= 11 is 0. The van der Waals surface area contributed by atoms with E-state index in [9.17, 15) is 4.79 Å². The molecule has 0 aliphatic carbocycles. The molecule has 0 heterocycles. The third-order valence-corrected chi connectivity index (χ3v) is 3.01. The summed E-state index contributed by atoms with van der Waals surface area (Å²) in [5.74, 6) is 1.03. The molecule has 1 amide bonds. The van der Waals surface area contributed by atoms with E-state index in [0.29, 0.717) is 13.1 Å². The second kappa shape index (κ2) is 14.4. The van der Waals surface area contributed by atoms with Gasteiger partial charge in [0.1, 0.15) is 5.60 Å². The average molecular weight is 472 g/mol. The lowest BCUT2D eigenvalue weighted by atomic mass is 10.2. The van der Waals surface area contributed by atoms with E-state index < -0.39 is 5.60 Å². The summed E-state index contributed by atoms with van der Waals surface area (Å²) in [6.45, 7) is 13.3. The highest BCUT2D eigenvalue weighted by molar-refractivity contribution is 14.0. The Bertz CT molecular complexity index is 387. The molecule has 0 aromatic carbocycles. The maximum atomic E-state index is 12.0. The van der Waals surface area contributed by atoms with Gasteiger partial charge in [-0.05, 0) is 40.0 Å². The molecule has 1 unspecified atom stereocenters. The number of aliphatic imine (C=N–C) groups is 1. The van der Waals surface area contributed by atoms with Crippen LogP contribution < -0.4 is 10.6 Å². The van der Waals surface area contributed by atoms with Crippen LogP contribution in [-0.2, 0) is 9.47 Å². The molecule has 7 nitrogen and oxygen atoms in total. The fourth-order valence-corrected chi connectivity index (χ4v) is 1.95. The van der Waals surface area contributed by atoms with Gasteiger partial charge < -0.3 is 25.0 Å². The number of carbonyl (C=O) groups is 1. The van der Waals surface area contributed by atoms with Crippen molar-refractivity contribution in [2.24, 2.45) is 10.9 Å². The van der Waals surface area contributed by atoms with Gasteiger partial charge in [0.15, 0.2) is 5.96 Å². The first-order chi connectivity index (χ1) is 11.2. The van der Waals surface area contributed by atoms with Crippen LogP contribution in [0.1, 0.15) is 41.0 Å². The number of amides is 1. The molecule has 0 aromatic rings. The maximum absolute atomic E-state index is 12.0. The van der Waals surface area contributed by atoms with Crippen molar-refractivity contribution in [1.82, 2.24) is 15.5 Å². The van der Waals surface area contributed by atoms with Crippen molar-refractivity contribution in [2.45, 2.75) is 46.6 Å². The molecule has 2 N–H and O–H groups in total. The van der Waals surface area contributed by atoms with Gasteiger partial charge in [0.2, 0.25) is 0 Å². The van der Waals surface area contributed by atoms with Crippen LogP contribution in [0, 0.1) is 5.92 Å². The molecule has 0 rings (SSSR count). The minimum absolute atomic E-state index is 0. The minimum Gasteiger partial charge on any atom is -0.444 e. The van der Waals surface area contributed by atoms with Crippen LogP contribution >= 0.6 is 24.0 Å². The van der Waals surface area contributed by atoms with Crippen molar-refractivity contribution >= 4 is 36.0 Å². The second-order valence-corrected chi connectivity index (χ2v) is 6.96. The highest BCUT2D eigenvalue weighted by Crippen LogP contribution is 2.10. The molecule has 0 saturated carbocycles. The number of nitrogens with one attached hydrogen (secondary N) is 2. The number of carbonyl (C=O) groups excluding carboxylic acids is 1. The van der Waals surface area contributed by atoms with Crippen LogP contribution in [0.15, 0.2) is 4.99 Å². The molecule has 150 valence electrons. The number of nitrogens with zero attached hydrogens (tertiary/aromatic N) is 2. The predicted octanol–water partition coefficient (Wildman–Crippen LogP) is 2.70. The lowest BCUT2D eigenvalue weighted by Gasteiger charge is -2.26. The van der Waals surface area contributed by atoms with Crippen LogP contribution in [-0.4, -0.2) is 69.5 Å². The van der Waals surface area contributed by atoms with Gasteiger partial charge in [-0.15, -0.1) is 24.0 Å². The van der Waals surface area contributed by atoms with Crippen molar-refractivity contribution in [3.05, 3.63) is 0 Å². The summed E-state index contributed by atoms with van der Waals surface area (Å²) in [6, 6.07) is 0. The van der Waals surface area contributed by atoms with Gasteiger partial charge in [-0.1, -0.05) is 6.92 Å². The monoisotopic (exact) mass is 472 g/mol. The maximum Gasteiger partial charge on any atom is 0.410 e. The highest BCUT2D eigenvalue weighted by Gasteiger charge is 2.20. The summed E-state index contributed by atoms with van der Waals surface area (Å²) in [6.07, 6.45) is 0.626. The molecule has 0 aromatic heterocycles. The Hall–Kier alpha value is -0.770. The molecule has 0 saturated heterocycles. The van der Waals surface area contributed by atoms with Gasteiger partial charge in [0, 0.05) is 46.9 Å².